The number of fused-ring (bicyclic) bond motifs is 1. The Bertz CT molecular complexity index is 736. The first kappa shape index (κ1) is 14.6. The Morgan fingerprint density at radius 1 is 1.36 bits per heavy atom. The van der Waals surface area contributed by atoms with Crippen LogP contribution in [0.25, 0.3) is 11.1 Å². The van der Waals surface area contributed by atoms with Crippen molar-refractivity contribution in [3.8, 4) is 17.2 Å². The van der Waals surface area contributed by atoms with Gasteiger partial charge in [0.25, 0.3) is 0 Å². The fraction of sp³-hybridized carbons (Fsp3) is 0.444. The molecule has 4 nitrogen and oxygen atoms in total. The Morgan fingerprint density at radius 3 is 2.73 bits per heavy atom. The fourth-order valence-corrected chi connectivity index (χ4v) is 3.32. The van der Waals surface area contributed by atoms with Crippen molar-refractivity contribution in [3.63, 3.8) is 0 Å². The molecule has 1 aliphatic rings. The lowest BCUT2D eigenvalue weighted by molar-refractivity contribution is 0.505. The number of nitrogens with zero attached hydrogens (tertiary/aromatic N) is 4. The van der Waals surface area contributed by atoms with Crippen molar-refractivity contribution in [2.24, 2.45) is 13.0 Å². The molecule has 0 fully saturated rings. The zero-order valence-corrected chi connectivity index (χ0v) is 13.7. The molecule has 1 aromatic carbocycles. The third kappa shape index (κ3) is 2.48. The summed E-state index contributed by atoms with van der Waals surface area (Å²) in [7, 11) is 1.90. The number of aromatic nitrogens is 2. The first-order valence-corrected chi connectivity index (χ1v) is 7.82. The second-order valence-corrected chi connectivity index (χ2v) is 6.60. The molecule has 4 heteroatoms. The predicted octanol–water partition coefficient (Wildman–Crippen LogP) is 3.37. The number of nitriles is 1. The highest BCUT2D eigenvalue weighted by atomic mass is 15.2. The van der Waals surface area contributed by atoms with E-state index in [1.165, 1.54) is 11.3 Å². The monoisotopic (exact) mass is 294 g/mol. The summed E-state index contributed by atoms with van der Waals surface area (Å²) < 4.78 is 1.78. The number of rotatable bonds is 2. The van der Waals surface area contributed by atoms with Gasteiger partial charge in [0.05, 0.1) is 17.8 Å². The molecule has 1 aromatic heterocycles. The van der Waals surface area contributed by atoms with E-state index in [4.69, 9.17) is 0 Å². The minimum Gasteiger partial charge on any atom is -0.369 e. The van der Waals surface area contributed by atoms with Crippen molar-refractivity contribution in [1.82, 2.24) is 9.78 Å². The molecule has 114 valence electrons. The van der Waals surface area contributed by atoms with Crippen molar-refractivity contribution in [1.29, 1.82) is 5.26 Å². The van der Waals surface area contributed by atoms with Crippen LogP contribution in [0.15, 0.2) is 24.5 Å². The van der Waals surface area contributed by atoms with Gasteiger partial charge >= 0.3 is 0 Å². The van der Waals surface area contributed by atoms with E-state index >= 15 is 0 Å². The topological polar surface area (TPSA) is 44.9 Å². The smallest absolute Gasteiger partial charge is 0.0998 e. The fourth-order valence-electron chi connectivity index (χ4n) is 3.32. The molecule has 0 bridgehead atoms. The minimum atomic E-state index is 0.442. The van der Waals surface area contributed by atoms with Crippen molar-refractivity contribution in [3.05, 3.63) is 35.7 Å². The number of aryl methyl sites for hydroxylation is 1. The van der Waals surface area contributed by atoms with E-state index in [-0.39, 0.29) is 0 Å². The largest absolute Gasteiger partial charge is 0.369 e. The second kappa shape index (κ2) is 5.49. The molecule has 2 aromatic rings. The Labute approximate surface area is 132 Å². The molecule has 1 unspecified atom stereocenters. The number of benzene rings is 1. The van der Waals surface area contributed by atoms with Gasteiger partial charge in [-0.25, -0.2) is 0 Å². The van der Waals surface area contributed by atoms with Crippen LogP contribution in [0.2, 0.25) is 0 Å². The summed E-state index contributed by atoms with van der Waals surface area (Å²) in [4.78, 5) is 2.41. The lowest BCUT2D eigenvalue weighted by atomic mass is 9.89. The molecule has 0 radical (unpaired) electrons. The first-order valence-electron chi connectivity index (χ1n) is 7.82. The maximum absolute atomic E-state index is 9.57. The van der Waals surface area contributed by atoms with Crippen molar-refractivity contribution >= 4 is 5.69 Å². The van der Waals surface area contributed by atoms with Crippen LogP contribution >= 0.6 is 0 Å². The van der Waals surface area contributed by atoms with Gasteiger partial charge in [0.15, 0.2) is 0 Å². The van der Waals surface area contributed by atoms with Crippen LogP contribution in [0.4, 0.5) is 5.69 Å². The molecule has 0 saturated carbocycles. The van der Waals surface area contributed by atoms with Gasteiger partial charge in [0, 0.05) is 42.6 Å². The molecular weight excluding hydrogens is 272 g/mol. The van der Waals surface area contributed by atoms with E-state index in [1.807, 2.05) is 19.4 Å². The van der Waals surface area contributed by atoms with Crippen LogP contribution in [0.5, 0.6) is 0 Å². The van der Waals surface area contributed by atoms with Crippen molar-refractivity contribution in [2.45, 2.75) is 33.2 Å². The SMILES string of the molecule is CC1Cc2cc(-c3cnn(C)c3)c(C#N)cc2N(C(C)C)C1. The van der Waals surface area contributed by atoms with E-state index in [0.29, 0.717) is 12.0 Å². The summed E-state index contributed by atoms with van der Waals surface area (Å²) in [5.41, 5.74) is 5.29. The zero-order chi connectivity index (χ0) is 15.9. The van der Waals surface area contributed by atoms with Crippen molar-refractivity contribution < 1.29 is 0 Å². The highest BCUT2D eigenvalue weighted by Gasteiger charge is 2.25. The average Bonchev–Trinajstić information content (AvgIpc) is 2.91. The van der Waals surface area contributed by atoms with Crippen LogP contribution in [-0.2, 0) is 13.5 Å². The lowest BCUT2D eigenvalue weighted by Crippen LogP contribution is -2.39. The standard InChI is InChI=1S/C18H22N4/c1-12(2)22-10-13(3)5-14-6-17(15(8-19)7-18(14)22)16-9-20-21(4)11-16/h6-7,9,11-13H,5,10H2,1-4H3. The molecule has 0 aliphatic carbocycles. The third-order valence-corrected chi connectivity index (χ3v) is 4.36. The van der Waals surface area contributed by atoms with Gasteiger partial charge in [0.1, 0.15) is 0 Å². The summed E-state index contributed by atoms with van der Waals surface area (Å²) in [6, 6.07) is 7.05. The molecule has 1 atom stereocenters. The molecular formula is C18H22N4. The molecule has 1 aliphatic heterocycles. The molecule has 0 spiro atoms. The van der Waals surface area contributed by atoms with Gasteiger partial charge in [-0.15, -0.1) is 0 Å². The number of anilines is 1. The highest BCUT2D eigenvalue weighted by Crippen LogP contribution is 2.36. The van der Waals surface area contributed by atoms with Crippen LogP contribution < -0.4 is 4.90 Å². The molecule has 22 heavy (non-hydrogen) atoms. The van der Waals surface area contributed by atoms with Crippen LogP contribution in [0.1, 0.15) is 31.9 Å². The summed E-state index contributed by atoms with van der Waals surface area (Å²) in [6.45, 7) is 7.77. The molecule has 0 amide bonds. The summed E-state index contributed by atoms with van der Waals surface area (Å²) in [6.07, 6.45) is 4.86. The van der Waals surface area contributed by atoms with Crippen LogP contribution in [0.3, 0.4) is 0 Å². The Morgan fingerprint density at radius 2 is 2.14 bits per heavy atom. The van der Waals surface area contributed by atoms with E-state index < -0.39 is 0 Å². The summed E-state index contributed by atoms with van der Waals surface area (Å²) in [5, 5.41) is 13.8. The van der Waals surface area contributed by atoms with Gasteiger partial charge in [-0.2, -0.15) is 10.4 Å². The Kier molecular flexibility index (Phi) is 3.66. The molecule has 3 rings (SSSR count). The van der Waals surface area contributed by atoms with E-state index in [9.17, 15) is 5.26 Å². The maximum Gasteiger partial charge on any atom is 0.0998 e. The second-order valence-electron chi connectivity index (χ2n) is 6.60. The average molecular weight is 294 g/mol. The van der Waals surface area contributed by atoms with E-state index in [0.717, 1.165) is 29.7 Å². The highest BCUT2D eigenvalue weighted by molar-refractivity contribution is 5.75. The van der Waals surface area contributed by atoms with E-state index in [1.54, 1.807) is 4.68 Å². The summed E-state index contributed by atoms with van der Waals surface area (Å²) >= 11 is 0. The normalized spacial score (nSPS) is 17.5. The molecule has 0 N–H and O–H groups in total. The van der Waals surface area contributed by atoms with Gasteiger partial charge < -0.3 is 4.90 Å². The van der Waals surface area contributed by atoms with Gasteiger partial charge in [-0.3, -0.25) is 4.68 Å². The minimum absolute atomic E-state index is 0.442. The quantitative estimate of drug-likeness (QED) is 0.853. The Balaban J connectivity index is 2.16. The predicted molar refractivity (Wildman–Crippen MR) is 88.7 cm³/mol. The van der Waals surface area contributed by atoms with Gasteiger partial charge in [-0.1, -0.05) is 6.92 Å². The van der Waals surface area contributed by atoms with Gasteiger partial charge in [-0.05, 0) is 43.9 Å². The molecule has 2 heterocycles. The number of hydrogen-bond donors (Lipinski definition) is 0. The van der Waals surface area contributed by atoms with Gasteiger partial charge in [0.2, 0.25) is 0 Å². The maximum atomic E-state index is 9.57. The lowest BCUT2D eigenvalue weighted by Gasteiger charge is -2.38. The Hall–Kier alpha value is -2.28. The van der Waals surface area contributed by atoms with Crippen LogP contribution in [-0.4, -0.2) is 22.4 Å². The van der Waals surface area contributed by atoms with E-state index in [2.05, 4.69) is 49.0 Å². The third-order valence-electron chi connectivity index (χ3n) is 4.36. The zero-order valence-electron chi connectivity index (χ0n) is 13.7. The molecule has 0 saturated heterocycles. The summed E-state index contributed by atoms with van der Waals surface area (Å²) in [5.74, 6) is 0.629. The van der Waals surface area contributed by atoms with Crippen LogP contribution in [0, 0.1) is 17.2 Å². The van der Waals surface area contributed by atoms with Crippen molar-refractivity contribution in [2.75, 3.05) is 11.4 Å². The first-order chi connectivity index (χ1) is 10.5. The number of hydrogen-bond acceptors (Lipinski definition) is 3.